The van der Waals surface area contributed by atoms with Crippen molar-refractivity contribution in [3.63, 3.8) is 0 Å². The predicted octanol–water partition coefficient (Wildman–Crippen LogP) is 2.68. The van der Waals surface area contributed by atoms with Gasteiger partial charge in [-0.1, -0.05) is 48.5 Å². The number of piperidine rings is 1. The quantitative estimate of drug-likeness (QED) is 0.944. The number of hydrogen-bond donors (Lipinski definition) is 1. The second-order valence-electron chi connectivity index (χ2n) is 5.79. The monoisotopic (exact) mass is 310 g/mol. The molecule has 2 N–H and O–H groups in total. The molecule has 0 bridgehead atoms. The lowest BCUT2D eigenvalue weighted by atomic mass is 10.0. The van der Waals surface area contributed by atoms with Gasteiger partial charge in [0.05, 0.1) is 13.1 Å². The zero-order chi connectivity index (χ0) is 16.1. The van der Waals surface area contributed by atoms with E-state index in [9.17, 15) is 4.79 Å². The summed E-state index contributed by atoms with van der Waals surface area (Å²) in [6, 6.07) is 18.3. The Kier molecular flexibility index (Phi) is 4.93. The summed E-state index contributed by atoms with van der Waals surface area (Å²) in [5.74, 6) is 0.861. The van der Waals surface area contributed by atoms with Gasteiger partial charge in [-0.05, 0) is 24.5 Å². The molecule has 1 atom stereocenters. The van der Waals surface area contributed by atoms with E-state index in [-0.39, 0.29) is 18.6 Å². The number of amides is 1. The zero-order valence-electron chi connectivity index (χ0n) is 13.2. The van der Waals surface area contributed by atoms with Crippen molar-refractivity contribution in [3.05, 3.63) is 54.6 Å². The van der Waals surface area contributed by atoms with Gasteiger partial charge < -0.3 is 15.4 Å². The van der Waals surface area contributed by atoms with Gasteiger partial charge in [-0.2, -0.15) is 0 Å². The van der Waals surface area contributed by atoms with Crippen molar-refractivity contribution in [2.45, 2.75) is 18.9 Å². The maximum atomic E-state index is 11.8. The van der Waals surface area contributed by atoms with Crippen LogP contribution in [-0.4, -0.2) is 36.5 Å². The third-order valence-electron chi connectivity index (χ3n) is 4.17. The van der Waals surface area contributed by atoms with Crippen LogP contribution in [0.1, 0.15) is 12.8 Å². The topological polar surface area (TPSA) is 55.6 Å². The molecule has 1 aliphatic rings. The Hall–Kier alpha value is -2.33. The Morgan fingerprint density at radius 2 is 1.87 bits per heavy atom. The van der Waals surface area contributed by atoms with Crippen LogP contribution in [0.5, 0.6) is 5.75 Å². The van der Waals surface area contributed by atoms with Crippen molar-refractivity contribution in [1.82, 2.24) is 4.90 Å². The average molecular weight is 310 g/mol. The van der Waals surface area contributed by atoms with E-state index >= 15 is 0 Å². The van der Waals surface area contributed by atoms with Gasteiger partial charge >= 0.3 is 0 Å². The zero-order valence-corrected chi connectivity index (χ0v) is 13.2. The molecular weight excluding hydrogens is 288 g/mol. The molecule has 0 saturated carbocycles. The summed E-state index contributed by atoms with van der Waals surface area (Å²) < 4.78 is 6.23. The maximum absolute atomic E-state index is 11.8. The van der Waals surface area contributed by atoms with E-state index in [1.807, 2.05) is 36.4 Å². The molecule has 1 heterocycles. The lowest BCUT2D eigenvalue weighted by Gasteiger charge is -2.33. The highest BCUT2D eigenvalue weighted by Crippen LogP contribution is 2.31. The number of para-hydroxylation sites is 1. The molecule has 1 amide bonds. The molecule has 0 radical (unpaired) electrons. The molecule has 120 valence electrons. The van der Waals surface area contributed by atoms with Crippen LogP contribution in [0.3, 0.4) is 0 Å². The van der Waals surface area contributed by atoms with Crippen molar-refractivity contribution < 1.29 is 9.53 Å². The highest BCUT2D eigenvalue weighted by Gasteiger charge is 2.24. The summed E-state index contributed by atoms with van der Waals surface area (Å²) in [6.45, 7) is 1.45. The third-order valence-corrected chi connectivity index (χ3v) is 4.17. The predicted molar refractivity (Wildman–Crippen MR) is 91.2 cm³/mol. The molecule has 4 heteroatoms. The minimum Gasteiger partial charge on any atom is -0.488 e. The Labute approximate surface area is 136 Å². The van der Waals surface area contributed by atoms with Gasteiger partial charge in [-0.3, -0.25) is 4.79 Å². The first-order valence-electron chi connectivity index (χ1n) is 8.07. The van der Waals surface area contributed by atoms with Crippen molar-refractivity contribution in [2.75, 3.05) is 19.6 Å². The fourth-order valence-corrected chi connectivity index (χ4v) is 3.00. The van der Waals surface area contributed by atoms with E-state index in [2.05, 4.69) is 18.2 Å². The molecule has 1 fully saturated rings. The molecule has 23 heavy (non-hydrogen) atoms. The molecule has 4 nitrogen and oxygen atoms in total. The fraction of sp³-hybridized carbons (Fsp3) is 0.316. The molecule has 0 aliphatic carbocycles. The van der Waals surface area contributed by atoms with Crippen molar-refractivity contribution in [2.24, 2.45) is 5.73 Å². The number of nitrogens with zero attached hydrogens (tertiary/aromatic N) is 1. The first-order chi connectivity index (χ1) is 11.3. The largest absolute Gasteiger partial charge is 0.488 e. The Morgan fingerprint density at radius 3 is 2.65 bits per heavy atom. The minimum atomic E-state index is -0.00496. The van der Waals surface area contributed by atoms with Gasteiger partial charge in [0, 0.05) is 12.1 Å². The van der Waals surface area contributed by atoms with Crippen LogP contribution in [0.15, 0.2) is 54.6 Å². The number of ether oxygens (including phenoxy) is 1. The van der Waals surface area contributed by atoms with Crippen LogP contribution in [0, 0.1) is 0 Å². The summed E-state index contributed by atoms with van der Waals surface area (Å²) >= 11 is 0. The van der Waals surface area contributed by atoms with E-state index < -0.39 is 0 Å². The maximum Gasteiger partial charge on any atom is 0.236 e. The Balaban J connectivity index is 1.77. The van der Waals surface area contributed by atoms with Gasteiger partial charge in [0.15, 0.2) is 0 Å². The SMILES string of the molecule is NCC(=O)N1CCCC(Oc2ccccc2-c2ccccc2)C1. The van der Waals surface area contributed by atoms with Crippen LogP contribution in [0.4, 0.5) is 0 Å². The standard InChI is InChI=1S/C19H22N2O2/c20-13-19(22)21-12-6-9-16(14-21)23-18-11-5-4-10-17(18)15-7-2-1-3-8-15/h1-5,7-8,10-11,16H,6,9,12-14,20H2. The van der Waals surface area contributed by atoms with Crippen molar-refractivity contribution in [3.8, 4) is 16.9 Å². The molecule has 0 aromatic heterocycles. The van der Waals surface area contributed by atoms with Gasteiger partial charge in [0.1, 0.15) is 11.9 Å². The normalized spacial score (nSPS) is 17.8. The summed E-state index contributed by atoms with van der Waals surface area (Å²) in [5, 5.41) is 0. The molecule has 2 aromatic carbocycles. The summed E-state index contributed by atoms with van der Waals surface area (Å²) in [7, 11) is 0. The van der Waals surface area contributed by atoms with Crippen LogP contribution >= 0.6 is 0 Å². The first kappa shape index (κ1) is 15.6. The van der Waals surface area contributed by atoms with Gasteiger partial charge in [-0.25, -0.2) is 0 Å². The smallest absolute Gasteiger partial charge is 0.236 e. The molecule has 1 saturated heterocycles. The van der Waals surface area contributed by atoms with Gasteiger partial charge in [-0.15, -0.1) is 0 Å². The van der Waals surface area contributed by atoms with Crippen LogP contribution < -0.4 is 10.5 Å². The molecule has 1 aliphatic heterocycles. The molecule has 3 rings (SSSR count). The van der Waals surface area contributed by atoms with E-state index in [4.69, 9.17) is 10.5 Å². The second kappa shape index (κ2) is 7.29. The number of likely N-dealkylation sites (tertiary alicyclic amines) is 1. The molecule has 1 unspecified atom stereocenters. The van der Waals surface area contributed by atoms with Crippen LogP contribution in [0.25, 0.3) is 11.1 Å². The molecule has 0 spiro atoms. The number of nitrogens with two attached hydrogens (primary N) is 1. The second-order valence-corrected chi connectivity index (χ2v) is 5.79. The van der Waals surface area contributed by atoms with E-state index in [1.165, 1.54) is 0 Å². The fourth-order valence-electron chi connectivity index (χ4n) is 3.00. The first-order valence-corrected chi connectivity index (χ1v) is 8.07. The lowest BCUT2D eigenvalue weighted by molar-refractivity contribution is -0.132. The number of rotatable bonds is 4. The summed E-state index contributed by atoms with van der Waals surface area (Å²) in [5.41, 5.74) is 7.68. The molecule has 2 aromatic rings. The molecular formula is C19H22N2O2. The number of carbonyl (C=O) groups is 1. The number of hydrogen-bond acceptors (Lipinski definition) is 3. The van der Waals surface area contributed by atoms with Crippen molar-refractivity contribution >= 4 is 5.91 Å². The summed E-state index contributed by atoms with van der Waals surface area (Å²) in [6.07, 6.45) is 1.92. The van der Waals surface area contributed by atoms with Gasteiger partial charge in [0.2, 0.25) is 5.91 Å². The van der Waals surface area contributed by atoms with Crippen LogP contribution in [0.2, 0.25) is 0 Å². The summed E-state index contributed by atoms with van der Waals surface area (Å²) in [4.78, 5) is 13.6. The van der Waals surface area contributed by atoms with Crippen LogP contribution in [-0.2, 0) is 4.79 Å². The Morgan fingerprint density at radius 1 is 1.13 bits per heavy atom. The number of benzene rings is 2. The Bertz CT molecular complexity index is 657. The van der Waals surface area contributed by atoms with Gasteiger partial charge in [0.25, 0.3) is 0 Å². The van der Waals surface area contributed by atoms with E-state index in [0.29, 0.717) is 6.54 Å². The lowest BCUT2D eigenvalue weighted by Crippen LogP contribution is -2.46. The average Bonchev–Trinajstić information content (AvgIpc) is 2.62. The van der Waals surface area contributed by atoms with Crippen molar-refractivity contribution in [1.29, 1.82) is 0 Å². The van der Waals surface area contributed by atoms with E-state index in [1.54, 1.807) is 4.90 Å². The third kappa shape index (κ3) is 3.71. The number of carbonyl (C=O) groups excluding carboxylic acids is 1. The highest BCUT2D eigenvalue weighted by molar-refractivity contribution is 5.78. The highest BCUT2D eigenvalue weighted by atomic mass is 16.5. The van der Waals surface area contributed by atoms with E-state index in [0.717, 1.165) is 36.3 Å². The minimum absolute atomic E-state index is 0.00496.